The fourth-order valence-electron chi connectivity index (χ4n) is 4.89. The molecule has 0 atom stereocenters. The fourth-order valence-corrected chi connectivity index (χ4v) is 4.89. The van der Waals surface area contributed by atoms with Crippen molar-refractivity contribution in [3.05, 3.63) is 66.4 Å². The Bertz CT molecular complexity index is 1230. The zero-order valence-corrected chi connectivity index (χ0v) is 23.8. The summed E-state index contributed by atoms with van der Waals surface area (Å²) < 4.78 is 22.2. The number of aromatic nitrogens is 1. The number of anilines is 1. The predicted molar refractivity (Wildman–Crippen MR) is 153 cm³/mol. The van der Waals surface area contributed by atoms with Gasteiger partial charge in [0.2, 0.25) is 5.75 Å². The molecule has 1 aliphatic rings. The van der Waals surface area contributed by atoms with Crippen LogP contribution in [0.4, 0.5) is 10.5 Å². The number of benzene rings is 2. The molecule has 0 bridgehead atoms. The highest BCUT2D eigenvalue weighted by atomic mass is 16.6. The smallest absolute Gasteiger partial charge is 0.410 e. The minimum Gasteiger partial charge on any atom is -0.493 e. The number of ether oxygens (including phenoxy) is 4. The fraction of sp³-hybridized carbons (Fsp3) is 0.419. The van der Waals surface area contributed by atoms with Crippen LogP contribution in [0.5, 0.6) is 17.2 Å². The van der Waals surface area contributed by atoms with E-state index in [4.69, 9.17) is 18.9 Å². The van der Waals surface area contributed by atoms with Crippen molar-refractivity contribution in [2.24, 2.45) is 0 Å². The SMILES string of the molecule is COc1cc(-c2cc(CN(c3ccccc3)C3CCN(C(=O)OC(C)(C)C)CC3)ccn2)cc(OC)c1OC. The second-order valence-corrected chi connectivity index (χ2v) is 10.6. The number of carbonyl (C=O) groups is 1. The number of methoxy groups -OCH3 is 3. The average molecular weight is 534 g/mol. The Kier molecular flexibility index (Phi) is 8.84. The van der Waals surface area contributed by atoms with Crippen molar-refractivity contribution in [3.63, 3.8) is 0 Å². The van der Waals surface area contributed by atoms with Crippen LogP contribution >= 0.6 is 0 Å². The van der Waals surface area contributed by atoms with Gasteiger partial charge in [-0.25, -0.2) is 4.79 Å². The molecule has 0 radical (unpaired) electrons. The number of hydrogen-bond donors (Lipinski definition) is 0. The zero-order valence-electron chi connectivity index (χ0n) is 23.8. The Morgan fingerprint density at radius 1 is 0.949 bits per heavy atom. The molecular weight excluding hydrogens is 494 g/mol. The summed E-state index contributed by atoms with van der Waals surface area (Å²) in [6.07, 6.45) is 3.32. The molecule has 2 heterocycles. The highest BCUT2D eigenvalue weighted by Gasteiger charge is 2.30. The van der Waals surface area contributed by atoms with Crippen molar-refractivity contribution in [3.8, 4) is 28.5 Å². The van der Waals surface area contributed by atoms with Crippen molar-refractivity contribution in [2.45, 2.75) is 51.8 Å². The van der Waals surface area contributed by atoms with E-state index in [-0.39, 0.29) is 12.1 Å². The summed E-state index contributed by atoms with van der Waals surface area (Å²) in [5, 5.41) is 0. The number of piperidine rings is 1. The lowest BCUT2D eigenvalue weighted by atomic mass is 10.0. The zero-order chi connectivity index (χ0) is 28.0. The number of carbonyl (C=O) groups excluding carboxylic acids is 1. The van der Waals surface area contributed by atoms with E-state index in [1.807, 2.05) is 56.1 Å². The van der Waals surface area contributed by atoms with Gasteiger partial charge in [0.15, 0.2) is 11.5 Å². The molecule has 1 aliphatic heterocycles. The van der Waals surface area contributed by atoms with Gasteiger partial charge >= 0.3 is 6.09 Å². The van der Waals surface area contributed by atoms with Crippen LogP contribution in [0, 0.1) is 0 Å². The number of likely N-dealkylation sites (tertiary alicyclic amines) is 1. The molecule has 1 fully saturated rings. The van der Waals surface area contributed by atoms with Gasteiger partial charge in [-0.3, -0.25) is 4.98 Å². The van der Waals surface area contributed by atoms with E-state index in [1.165, 1.54) is 0 Å². The molecule has 2 aromatic carbocycles. The highest BCUT2D eigenvalue weighted by Crippen LogP contribution is 2.41. The maximum atomic E-state index is 12.6. The standard InChI is InChI=1S/C31H39N3O5/c1-31(2,3)39-30(35)33-16-13-25(14-17-33)34(24-10-8-7-9-11-24)21-22-12-15-32-26(18-22)23-19-27(36-4)29(38-6)28(20-23)37-5/h7-12,15,18-20,25H,13-14,16-17,21H2,1-6H3. The first-order chi connectivity index (χ1) is 18.7. The molecule has 0 N–H and O–H groups in total. The Morgan fingerprint density at radius 3 is 2.15 bits per heavy atom. The van der Waals surface area contributed by atoms with Gasteiger partial charge in [-0.05, 0) is 75.6 Å². The first-order valence-electron chi connectivity index (χ1n) is 13.3. The van der Waals surface area contributed by atoms with Crippen LogP contribution in [-0.4, -0.2) is 62.0 Å². The molecule has 208 valence electrons. The summed E-state index contributed by atoms with van der Waals surface area (Å²) >= 11 is 0. The van der Waals surface area contributed by atoms with E-state index < -0.39 is 5.60 Å². The maximum Gasteiger partial charge on any atom is 0.410 e. The molecule has 0 spiro atoms. The number of rotatable bonds is 8. The van der Waals surface area contributed by atoms with E-state index in [0.29, 0.717) is 36.9 Å². The van der Waals surface area contributed by atoms with E-state index in [0.717, 1.165) is 35.3 Å². The topological polar surface area (TPSA) is 73.4 Å². The summed E-state index contributed by atoms with van der Waals surface area (Å²) in [5.41, 5.74) is 3.48. The third-order valence-corrected chi connectivity index (χ3v) is 6.78. The van der Waals surface area contributed by atoms with Gasteiger partial charge in [-0.15, -0.1) is 0 Å². The summed E-state index contributed by atoms with van der Waals surface area (Å²) in [5.74, 6) is 1.72. The molecule has 4 rings (SSSR count). The Hall–Kier alpha value is -3.94. The van der Waals surface area contributed by atoms with Gasteiger partial charge in [0.25, 0.3) is 0 Å². The monoisotopic (exact) mass is 533 g/mol. The van der Waals surface area contributed by atoms with Gasteiger partial charge in [-0.1, -0.05) is 18.2 Å². The molecule has 0 saturated carbocycles. The van der Waals surface area contributed by atoms with E-state index in [2.05, 4.69) is 40.2 Å². The van der Waals surface area contributed by atoms with Crippen LogP contribution in [0.3, 0.4) is 0 Å². The second kappa shape index (κ2) is 12.3. The number of pyridine rings is 1. The van der Waals surface area contributed by atoms with Crippen molar-refractivity contribution >= 4 is 11.8 Å². The molecule has 1 aromatic heterocycles. The number of amides is 1. The summed E-state index contributed by atoms with van der Waals surface area (Å²) in [6.45, 7) is 7.73. The summed E-state index contributed by atoms with van der Waals surface area (Å²) in [7, 11) is 4.81. The van der Waals surface area contributed by atoms with E-state index in [9.17, 15) is 4.79 Å². The van der Waals surface area contributed by atoms with Crippen molar-refractivity contribution in [1.82, 2.24) is 9.88 Å². The van der Waals surface area contributed by atoms with Crippen LogP contribution in [0.2, 0.25) is 0 Å². The number of para-hydroxylation sites is 1. The third-order valence-electron chi connectivity index (χ3n) is 6.78. The van der Waals surface area contributed by atoms with Gasteiger partial charge in [-0.2, -0.15) is 0 Å². The van der Waals surface area contributed by atoms with Crippen molar-refractivity contribution in [2.75, 3.05) is 39.3 Å². The molecule has 8 nitrogen and oxygen atoms in total. The molecule has 0 aliphatic carbocycles. The maximum absolute atomic E-state index is 12.6. The molecule has 1 amide bonds. The van der Waals surface area contributed by atoms with E-state index in [1.54, 1.807) is 21.3 Å². The quantitative estimate of drug-likeness (QED) is 0.342. The largest absolute Gasteiger partial charge is 0.493 e. The van der Waals surface area contributed by atoms with Gasteiger partial charge in [0, 0.05) is 43.1 Å². The molecule has 3 aromatic rings. The number of nitrogens with zero attached hydrogens (tertiary/aromatic N) is 3. The summed E-state index contributed by atoms with van der Waals surface area (Å²) in [6, 6.07) is 18.7. The lowest BCUT2D eigenvalue weighted by molar-refractivity contribution is 0.0204. The first-order valence-corrected chi connectivity index (χ1v) is 13.3. The predicted octanol–water partition coefficient (Wildman–Crippen LogP) is 6.18. The van der Waals surface area contributed by atoms with Gasteiger partial charge < -0.3 is 28.7 Å². The van der Waals surface area contributed by atoms with Crippen LogP contribution in [0.15, 0.2) is 60.8 Å². The lowest BCUT2D eigenvalue weighted by Gasteiger charge is -2.40. The molecule has 0 unspecified atom stereocenters. The normalized spacial score (nSPS) is 14.1. The van der Waals surface area contributed by atoms with E-state index >= 15 is 0 Å². The average Bonchev–Trinajstić information content (AvgIpc) is 2.95. The van der Waals surface area contributed by atoms with Crippen LogP contribution in [-0.2, 0) is 11.3 Å². The molecule has 1 saturated heterocycles. The number of hydrogen-bond acceptors (Lipinski definition) is 7. The third kappa shape index (κ3) is 6.93. The first kappa shape index (κ1) is 28.1. The summed E-state index contributed by atoms with van der Waals surface area (Å²) in [4.78, 5) is 21.5. The lowest BCUT2D eigenvalue weighted by Crippen LogP contribution is -2.48. The van der Waals surface area contributed by atoms with Crippen LogP contribution in [0.25, 0.3) is 11.3 Å². The van der Waals surface area contributed by atoms with Crippen molar-refractivity contribution < 1.29 is 23.7 Å². The highest BCUT2D eigenvalue weighted by molar-refractivity contribution is 5.69. The van der Waals surface area contributed by atoms with Crippen LogP contribution in [0.1, 0.15) is 39.2 Å². The van der Waals surface area contributed by atoms with Crippen molar-refractivity contribution in [1.29, 1.82) is 0 Å². The molecular formula is C31H39N3O5. The minimum absolute atomic E-state index is 0.240. The molecule has 8 heteroatoms. The molecule has 39 heavy (non-hydrogen) atoms. The Morgan fingerprint density at radius 2 is 1.59 bits per heavy atom. The Labute approximate surface area is 231 Å². The second-order valence-electron chi connectivity index (χ2n) is 10.6. The minimum atomic E-state index is -0.499. The van der Waals surface area contributed by atoms with Gasteiger partial charge in [0.05, 0.1) is 27.0 Å². The van der Waals surface area contributed by atoms with Crippen LogP contribution < -0.4 is 19.1 Å². The Balaban J connectivity index is 1.57. The van der Waals surface area contributed by atoms with Gasteiger partial charge in [0.1, 0.15) is 5.60 Å².